The molecule has 0 spiro atoms. The highest BCUT2D eigenvalue weighted by Gasteiger charge is 2.34. The average Bonchev–Trinajstić information content (AvgIpc) is 3.18. The second kappa shape index (κ2) is 12.4. The van der Waals surface area contributed by atoms with E-state index in [1.54, 1.807) is 24.0 Å². The van der Waals surface area contributed by atoms with Crippen molar-refractivity contribution in [1.82, 2.24) is 9.80 Å². The quantitative estimate of drug-likeness (QED) is 0.263. The lowest BCUT2D eigenvalue weighted by molar-refractivity contribution is -0.122. The number of hydrogen-bond donors (Lipinski definition) is 1. The molecule has 0 saturated carbocycles. The van der Waals surface area contributed by atoms with Crippen molar-refractivity contribution in [3.05, 3.63) is 107 Å². The molecule has 0 bridgehead atoms. The molecule has 7 heteroatoms. The molecule has 1 heterocycles. The van der Waals surface area contributed by atoms with Crippen molar-refractivity contribution in [2.75, 3.05) is 25.5 Å². The first-order valence-electron chi connectivity index (χ1n) is 12.4. The van der Waals surface area contributed by atoms with Crippen molar-refractivity contribution in [3.63, 3.8) is 0 Å². The van der Waals surface area contributed by atoms with Crippen molar-refractivity contribution in [1.29, 1.82) is 0 Å². The first-order chi connectivity index (χ1) is 17.9. The molecule has 190 valence electrons. The number of carbonyl (C=O) groups excluding carboxylic acids is 2. The Kier molecular flexibility index (Phi) is 8.80. The Hall–Kier alpha value is -3.84. The monoisotopic (exact) mass is 512 g/mol. The molecule has 37 heavy (non-hydrogen) atoms. The summed E-state index contributed by atoms with van der Waals surface area (Å²) in [6, 6.07) is 25.7. The minimum atomic E-state index is -0.0770. The van der Waals surface area contributed by atoms with Crippen LogP contribution in [0.4, 0.5) is 11.4 Å². The Morgan fingerprint density at radius 2 is 1.70 bits per heavy atom. The molecule has 3 aromatic rings. The lowest BCUT2D eigenvalue weighted by atomic mass is 10.1. The van der Waals surface area contributed by atoms with Gasteiger partial charge in [-0.3, -0.25) is 14.5 Å². The maximum Gasteiger partial charge on any atom is 0.268 e. The number of aliphatic imine (C=N–C) groups is 1. The Morgan fingerprint density at radius 1 is 1.03 bits per heavy atom. The van der Waals surface area contributed by atoms with Gasteiger partial charge in [0.2, 0.25) is 0 Å². The summed E-state index contributed by atoms with van der Waals surface area (Å²) in [5.74, 6) is -0.103. The number of anilines is 1. The van der Waals surface area contributed by atoms with Gasteiger partial charge in [-0.2, -0.15) is 0 Å². The van der Waals surface area contributed by atoms with Gasteiger partial charge in [0.15, 0.2) is 11.0 Å². The minimum Gasteiger partial charge on any atom is -0.384 e. The van der Waals surface area contributed by atoms with Crippen LogP contribution < -0.4 is 5.32 Å². The summed E-state index contributed by atoms with van der Waals surface area (Å²) in [6.45, 7) is 5.48. The van der Waals surface area contributed by atoms with E-state index in [0.29, 0.717) is 34.4 Å². The largest absolute Gasteiger partial charge is 0.384 e. The summed E-state index contributed by atoms with van der Waals surface area (Å²) in [5, 5.41) is 3.91. The van der Waals surface area contributed by atoms with E-state index in [2.05, 4.69) is 22.3 Å². The number of likely N-dealkylation sites (N-methyl/N-ethyl adjacent to an activating group) is 1. The van der Waals surface area contributed by atoms with Crippen LogP contribution in [0, 0.1) is 0 Å². The van der Waals surface area contributed by atoms with Gasteiger partial charge >= 0.3 is 0 Å². The second-order valence-corrected chi connectivity index (χ2v) is 9.91. The van der Waals surface area contributed by atoms with E-state index in [1.165, 1.54) is 17.3 Å². The summed E-state index contributed by atoms with van der Waals surface area (Å²) in [5.41, 5.74) is 4.33. The van der Waals surface area contributed by atoms with Crippen LogP contribution in [-0.2, 0) is 17.8 Å². The number of nitrogens with one attached hydrogen (secondary N) is 1. The fourth-order valence-corrected chi connectivity index (χ4v) is 5.02. The van der Waals surface area contributed by atoms with E-state index >= 15 is 0 Å². The number of nitrogens with zero attached hydrogens (tertiary/aromatic N) is 3. The van der Waals surface area contributed by atoms with Gasteiger partial charge in [0, 0.05) is 31.9 Å². The van der Waals surface area contributed by atoms with Gasteiger partial charge in [-0.15, -0.1) is 0 Å². The number of amidine groups is 1. The van der Waals surface area contributed by atoms with Crippen molar-refractivity contribution in [2.24, 2.45) is 4.99 Å². The molecule has 0 unspecified atom stereocenters. The number of ketones is 1. The number of carbonyl (C=O) groups is 2. The Balaban J connectivity index is 1.65. The van der Waals surface area contributed by atoms with E-state index in [9.17, 15) is 9.59 Å². The second-order valence-electron chi connectivity index (χ2n) is 8.90. The summed E-state index contributed by atoms with van der Waals surface area (Å²) < 4.78 is 0. The Labute approximate surface area is 223 Å². The van der Waals surface area contributed by atoms with Crippen molar-refractivity contribution in [3.8, 4) is 0 Å². The lowest BCUT2D eigenvalue weighted by Gasteiger charge is -2.17. The van der Waals surface area contributed by atoms with Gasteiger partial charge in [0.1, 0.15) is 0 Å². The lowest BCUT2D eigenvalue weighted by Crippen LogP contribution is -2.29. The van der Waals surface area contributed by atoms with Gasteiger partial charge in [-0.1, -0.05) is 60.7 Å². The van der Waals surface area contributed by atoms with Crippen LogP contribution in [0.2, 0.25) is 0 Å². The smallest absolute Gasteiger partial charge is 0.268 e. The molecular weight excluding hydrogens is 480 g/mol. The van der Waals surface area contributed by atoms with Crippen LogP contribution in [0.3, 0.4) is 0 Å². The van der Waals surface area contributed by atoms with Gasteiger partial charge in [0.25, 0.3) is 5.91 Å². The van der Waals surface area contributed by atoms with E-state index < -0.39 is 0 Å². The zero-order chi connectivity index (χ0) is 26.2. The highest BCUT2D eigenvalue weighted by molar-refractivity contribution is 8.18. The number of Topliss-reactive ketones (excluding diaryl/α,β-unsaturated/α-hetero) is 1. The first-order valence-corrected chi connectivity index (χ1v) is 13.2. The van der Waals surface area contributed by atoms with Crippen molar-refractivity contribution < 1.29 is 9.59 Å². The standard InChI is InChI=1S/C30H32N4O2S/c1-4-31-26-16-15-25(22(2)35)19-27(26)32-30-34(20-24-13-9-6-10-14-24)29(36)28(37-30)21-33(3)18-17-23-11-7-5-8-12-23/h5-16,19,21,31H,4,17-18,20H2,1-3H3. The number of hydrogen-bond acceptors (Lipinski definition) is 6. The number of benzene rings is 3. The van der Waals surface area contributed by atoms with E-state index in [-0.39, 0.29) is 11.7 Å². The van der Waals surface area contributed by atoms with Crippen LogP contribution in [0.15, 0.2) is 95.0 Å². The van der Waals surface area contributed by atoms with Crippen molar-refractivity contribution >= 4 is 40.0 Å². The van der Waals surface area contributed by atoms with Gasteiger partial charge in [-0.05, 0) is 61.4 Å². The first kappa shape index (κ1) is 26.2. The topological polar surface area (TPSA) is 65.0 Å². The molecule has 4 rings (SSSR count). The molecule has 1 aliphatic heterocycles. The van der Waals surface area contributed by atoms with Crippen molar-refractivity contribution in [2.45, 2.75) is 26.8 Å². The Morgan fingerprint density at radius 3 is 2.35 bits per heavy atom. The van der Waals surface area contributed by atoms with Crippen LogP contribution in [0.5, 0.6) is 0 Å². The number of amides is 1. The number of thioether (sulfide) groups is 1. The summed E-state index contributed by atoms with van der Waals surface area (Å²) in [6.07, 6.45) is 2.80. The molecule has 1 amide bonds. The van der Waals surface area contributed by atoms with E-state index in [1.807, 2.05) is 74.8 Å². The van der Waals surface area contributed by atoms with Crippen LogP contribution in [0.1, 0.15) is 35.3 Å². The molecule has 0 radical (unpaired) electrons. The molecule has 6 nitrogen and oxygen atoms in total. The molecule has 1 saturated heterocycles. The fourth-order valence-electron chi connectivity index (χ4n) is 3.99. The third-order valence-electron chi connectivity index (χ3n) is 5.99. The predicted octanol–water partition coefficient (Wildman–Crippen LogP) is 6.10. The van der Waals surface area contributed by atoms with Gasteiger partial charge in [0.05, 0.1) is 22.8 Å². The van der Waals surface area contributed by atoms with E-state index in [0.717, 1.165) is 24.2 Å². The maximum atomic E-state index is 13.6. The fraction of sp³-hybridized carbons (Fsp3) is 0.233. The zero-order valence-corrected chi connectivity index (χ0v) is 22.3. The third kappa shape index (κ3) is 6.89. The van der Waals surface area contributed by atoms with Gasteiger partial charge in [-0.25, -0.2) is 4.99 Å². The molecule has 0 aliphatic carbocycles. The molecule has 1 aliphatic rings. The summed E-state index contributed by atoms with van der Waals surface area (Å²) in [7, 11) is 1.99. The molecule has 0 aromatic heterocycles. The highest BCUT2D eigenvalue weighted by Crippen LogP contribution is 2.36. The van der Waals surface area contributed by atoms with Crippen LogP contribution in [0.25, 0.3) is 0 Å². The maximum absolute atomic E-state index is 13.6. The SMILES string of the molecule is CCNc1ccc(C(C)=O)cc1N=C1SC(=CN(C)CCc2ccccc2)C(=O)N1Cc1ccccc1. The molecule has 1 fully saturated rings. The van der Waals surface area contributed by atoms with Gasteiger partial charge < -0.3 is 10.2 Å². The van der Waals surface area contributed by atoms with E-state index in [4.69, 9.17) is 4.99 Å². The normalized spacial score (nSPS) is 15.4. The average molecular weight is 513 g/mol. The van der Waals surface area contributed by atoms with Crippen LogP contribution in [-0.4, -0.2) is 46.8 Å². The molecule has 0 atom stereocenters. The predicted molar refractivity (Wildman–Crippen MR) is 153 cm³/mol. The number of rotatable bonds is 10. The minimum absolute atomic E-state index is 0.0265. The summed E-state index contributed by atoms with van der Waals surface area (Å²) in [4.78, 5) is 34.9. The third-order valence-corrected chi connectivity index (χ3v) is 6.99. The Bertz CT molecular complexity index is 1310. The zero-order valence-electron chi connectivity index (χ0n) is 21.5. The molecular formula is C30H32N4O2S. The molecule has 1 N–H and O–H groups in total. The van der Waals surface area contributed by atoms with Crippen LogP contribution >= 0.6 is 11.8 Å². The molecule has 3 aromatic carbocycles. The highest BCUT2D eigenvalue weighted by atomic mass is 32.2. The summed E-state index contributed by atoms with van der Waals surface area (Å²) >= 11 is 1.37.